The fourth-order valence-electron chi connectivity index (χ4n) is 2.58. The molecule has 3 rings (SSSR count). The second-order valence-corrected chi connectivity index (χ2v) is 7.51. The lowest BCUT2D eigenvalue weighted by Crippen LogP contribution is -2.34. The van der Waals surface area contributed by atoms with Gasteiger partial charge in [-0.25, -0.2) is 5.43 Å². The lowest BCUT2D eigenvalue weighted by Gasteiger charge is -2.04. The van der Waals surface area contributed by atoms with E-state index in [1.54, 1.807) is 6.21 Å². The number of carbonyl (C=O) groups excluding carboxylic acids is 2. The predicted molar refractivity (Wildman–Crippen MR) is 111 cm³/mol. The second-order valence-electron chi connectivity index (χ2n) is 6.08. The molecule has 0 spiro atoms. The zero-order valence-electron chi connectivity index (χ0n) is 14.9. The van der Waals surface area contributed by atoms with Crippen LogP contribution >= 0.6 is 22.9 Å². The number of rotatable bonds is 5. The summed E-state index contributed by atoms with van der Waals surface area (Å²) in [5.74, 6) is -0.795. The van der Waals surface area contributed by atoms with Crippen molar-refractivity contribution in [2.75, 3.05) is 6.54 Å². The van der Waals surface area contributed by atoms with Gasteiger partial charge in [-0.2, -0.15) is 5.10 Å². The van der Waals surface area contributed by atoms with Gasteiger partial charge in [-0.1, -0.05) is 53.6 Å². The Kier molecular flexibility index (Phi) is 5.88. The van der Waals surface area contributed by atoms with Crippen LogP contribution < -0.4 is 10.7 Å². The van der Waals surface area contributed by atoms with E-state index in [0.29, 0.717) is 9.90 Å². The fraction of sp³-hybridized carbons (Fsp3) is 0.150. The summed E-state index contributed by atoms with van der Waals surface area (Å²) in [6, 6.07) is 13.5. The first-order chi connectivity index (χ1) is 13.0. The van der Waals surface area contributed by atoms with E-state index in [1.807, 2.05) is 56.3 Å². The molecule has 0 saturated heterocycles. The molecule has 0 atom stereocenters. The van der Waals surface area contributed by atoms with E-state index >= 15 is 0 Å². The van der Waals surface area contributed by atoms with Crippen molar-refractivity contribution >= 4 is 51.1 Å². The van der Waals surface area contributed by atoms with Crippen LogP contribution in [-0.4, -0.2) is 24.6 Å². The number of nitrogens with zero attached hydrogens (tertiary/aromatic N) is 1. The van der Waals surface area contributed by atoms with Gasteiger partial charge >= 0.3 is 0 Å². The number of amides is 2. The first kappa shape index (κ1) is 19.1. The topological polar surface area (TPSA) is 70.6 Å². The average Bonchev–Trinajstić information content (AvgIpc) is 2.99. The molecule has 0 aliphatic carbocycles. The van der Waals surface area contributed by atoms with Crippen molar-refractivity contribution in [3.05, 3.63) is 69.1 Å². The largest absolute Gasteiger partial charge is 0.342 e. The van der Waals surface area contributed by atoms with Gasteiger partial charge in [0.05, 0.1) is 17.8 Å². The Bertz CT molecular complexity index is 1040. The minimum atomic E-state index is -0.415. The molecule has 0 fully saturated rings. The van der Waals surface area contributed by atoms with Crippen molar-refractivity contribution in [3.63, 3.8) is 0 Å². The van der Waals surface area contributed by atoms with Gasteiger partial charge in [-0.05, 0) is 31.0 Å². The van der Waals surface area contributed by atoms with Crippen LogP contribution in [0, 0.1) is 13.8 Å². The molecule has 2 amide bonds. The Balaban J connectivity index is 1.56. The Morgan fingerprint density at radius 3 is 2.70 bits per heavy atom. The number of fused-ring (bicyclic) bond motifs is 1. The van der Waals surface area contributed by atoms with Crippen LogP contribution in [0.2, 0.25) is 5.02 Å². The highest BCUT2D eigenvalue weighted by Crippen LogP contribution is 2.34. The number of halogens is 1. The number of hydrazone groups is 1. The van der Waals surface area contributed by atoms with Crippen LogP contribution in [0.4, 0.5) is 0 Å². The second kappa shape index (κ2) is 8.33. The van der Waals surface area contributed by atoms with Crippen molar-refractivity contribution in [2.45, 2.75) is 13.8 Å². The molecule has 0 bridgehead atoms. The molecular weight excluding hydrogens is 382 g/mol. The number of hydrogen-bond donors (Lipinski definition) is 2. The summed E-state index contributed by atoms with van der Waals surface area (Å²) in [5, 5.41) is 7.74. The van der Waals surface area contributed by atoms with Gasteiger partial charge in [0.2, 0.25) is 0 Å². The Morgan fingerprint density at radius 1 is 1.19 bits per heavy atom. The van der Waals surface area contributed by atoms with Crippen molar-refractivity contribution in [1.29, 1.82) is 0 Å². The van der Waals surface area contributed by atoms with Gasteiger partial charge < -0.3 is 5.32 Å². The maximum atomic E-state index is 12.3. The van der Waals surface area contributed by atoms with Crippen molar-refractivity contribution in [2.24, 2.45) is 5.10 Å². The fourth-order valence-corrected chi connectivity index (χ4v) is 4.02. The van der Waals surface area contributed by atoms with E-state index < -0.39 is 5.91 Å². The molecule has 0 aliphatic rings. The lowest BCUT2D eigenvalue weighted by atomic mass is 10.1. The molecule has 138 valence electrons. The monoisotopic (exact) mass is 399 g/mol. The molecule has 2 aromatic carbocycles. The lowest BCUT2D eigenvalue weighted by molar-refractivity contribution is -0.120. The Morgan fingerprint density at radius 2 is 1.96 bits per heavy atom. The average molecular weight is 400 g/mol. The summed E-state index contributed by atoms with van der Waals surface area (Å²) in [6.07, 6.45) is 1.58. The minimum Gasteiger partial charge on any atom is -0.342 e. The van der Waals surface area contributed by atoms with Crippen LogP contribution in [-0.2, 0) is 4.79 Å². The number of hydrogen-bond acceptors (Lipinski definition) is 4. The highest BCUT2D eigenvalue weighted by atomic mass is 35.5. The molecule has 0 radical (unpaired) electrons. The summed E-state index contributed by atoms with van der Waals surface area (Å²) in [5.41, 5.74) is 5.56. The number of thiophene rings is 1. The van der Waals surface area contributed by atoms with Gasteiger partial charge in [-0.3, -0.25) is 9.59 Å². The van der Waals surface area contributed by atoms with E-state index in [0.717, 1.165) is 26.8 Å². The standard InChI is InChI=1S/C20H18ClN3O2S/c1-12-7-8-14(13(2)9-12)10-23-24-17(25)11-22-20(26)19-18(21)15-5-3-4-6-16(15)27-19/h3-10H,11H2,1-2H3,(H,22,26)(H,24,25)/b23-10+. The van der Waals surface area contributed by atoms with Crippen molar-refractivity contribution < 1.29 is 9.59 Å². The van der Waals surface area contributed by atoms with E-state index in [2.05, 4.69) is 15.8 Å². The van der Waals surface area contributed by atoms with E-state index in [1.165, 1.54) is 11.3 Å². The van der Waals surface area contributed by atoms with Crippen molar-refractivity contribution in [3.8, 4) is 0 Å². The maximum absolute atomic E-state index is 12.3. The number of aryl methyl sites for hydroxylation is 2. The third kappa shape index (κ3) is 4.53. The molecule has 1 aromatic heterocycles. The third-order valence-corrected chi connectivity index (χ3v) is 5.64. The summed E-state index contributed by atoms with van der Waals surface area (Å²) in [4.78, 5) is 24.6. The normalized spacial score (nSPS) is 11.1. The molecule has 0 saturated carbocycles. The number of nitrogens with one attached hydrogen (secondary N) is 2. The van der Waals surface area contributed by atoms with Gasteiger partial charge in [0.1, 0.15) is 4.88 Å². The molecule has 0 aliphatic heterocycles. The molecule has 27 heavy (non-hydrogen) atoms. The zero-order chi connectivity index (χ0) is 19.4. The Hall–Kier alpha value is -2.70. The third-order valence-electron chi connectivity index (χ3n) is 3.97. The first-order valence-electron chi connectivity index (χ1n) is 8.30. The summed E-state index contributed by atoms with van der Waals surface area (Å²) in [7, 11) is 0. The smallest absolute Gasteiger partial charge is 0.263 e. The minimum absolute atomic E-state index is 0.187. The van der Waals surface area contributed by atoms with E-state index in [4.69, 9.17) is 11.6 Å². The zero-order valence-corrected chi connectivity index (χ0v) is 16.4. The first-order valence-corrected chi connectivity index (χ1v) is 9.49. The molecule has 5 nitrogen and oxygen atoms in total. The number of benzene rings is 2. The van der Waals surface area contributed by atoms with E-state index in [9.17, 15) is 9.59 Å². The highest BCUT2D eigenvalue weighted by molar-refractivity contribution is 7.21. The van der Waals surface area contributed by atoms with Crippen LogP contribution in [0.15, 0.2) is 47.6 Å². The van der Waals surface area contributed by atoms with Gasteiger partial charge in [0.15, 0.2) is 0 Å². The van der Waals surface area contributed by atoms with E-state index in [-0.39, 0.29) is 12.5 Å². The Labute approximate surface area is 166 Å². The van der Waals surface area contributed by atoms with Gasteiger partial charge in [-0.15, -0.1) is 11.3 Å². The highest BCUT2D eigenvalue weighted by Gasteiger charge is 2.17. The molecule has 3 aromatic rings. The van der Waals surface area contributed by atoms with Gasteiger partial charge in [0.25, 0.3) is 11.8 Å². The molecule has 0 unspecified atom stereocenters. The molecule has 2 N–H and O–H groups in total. The predicted octanol–water partition coefficient (Wildman–Crippen LogP) is 4.05. The van der Waals surface area contributed by atoms with Crippen molar-refractivity contribution in [1.82, 2.24) is 10.7 Å². The van der Waals surface area contributed by atoms with Gasteiger partial charge in [0, 0.05) is 10.1 Å². The SMILES string of the molecule is Cc1ccc(/C=N/NC(=O)CNC(=O)c2sc3ccccc3c2Cl)c(C)c1. The molecule has 7 heteroatoms. The van der Waals surface area contributed by atoms with Crippen LogP contribution in [0.5, 0.6) is 0 Å². The van der Waals surface area contributed by atoms with Crippen LogP contribution in [0.25, 0.3) is 10.1 Å². The van der Waals surface area contributed by atoms with Crippen LogP contribution in [0.3, 0.4) is 0 Å². The maximum Gasteiger partial charge on any atom is 0.263 e. The molecular formula is C20H18ClN3O2S. The summed E-state index contributed by atoms with van der Waals surface area (Å²) >= 11 is 7.57. The quantitative estimate of drug-likeness (QED) is 0.502. The number of carbonyl (C=O) groups is 2. The molecule has 1 heterocycles. The summed E-state index contributed by atoms with van der Waals surface area (Å²) < 4.78 is 0.926. The summed E-state index contributed by atoms with van der Waals surface area (Å²) in [6.45, 7) is 3.81. The van der Waals surface area contributed by atoms with Crippen LogP contribution in [0.1, 0.15) is 26.4 Å².